The second-order valence-electron chi connectivity index (χ2n) is 4.62. The zero-order valence-electron chi connectivity index (χ0n) is 10.2. The third-order valence-corrected chi connectivity index (χ3v) is 3.88. The Hall–Kier alpha value is -1.61. The lowest BCUT2D eigenvalue weighted by atomic mass is 9.77. The standard InChI is InChI=1S/C14H14ClN3/c1-9-13(15)17-8-18-14(9)16-7-11-6-10-4-2-3-5-12(10)11/h2-5,8,11H,6-7H2,1H3,(H,16,17,18). The van der Waals surface area contributed by atoms with Crippen LogP contribution in [0.5, 0.6) is 0 Å². The van der Waals surface area contributed by atoms with Crippen LogP contribution < -0.4 is 5.32 Å². The highest BCUT2D eigenvalue weighted by atomic mass is 35.5. The number of nitrogens with one attached hydrogen (secondary N) is 1. The van der Waals surface area contributed by atoms with Crippen molar-refractivity contribution in [1.82, 2.24) is 9.97 Å². The summed E-state index contributed by atoms with van der Waals surface area (Å²) in [7, 11) is 0. The number of nitrogens with zero attached hydrogens (tertiary/aromatic N) is 2. The molecule has 1 aromatic carbocycles. The Morgan fingerprint density at radius 1 is 1.33 bits per heavy atom. The summed E-state index contributed by atoms with van der Waals surface area (Å²) in [5.74, 6) is 1.41. The van der Waals surface area contributed by atoms with Crippen molar-refractivity contribution < 1.29 is 0 Å². The largest absolute Gasteiger partial charge is 0.369 e. The highest BCUT2D eigenvalue weighted by Crippen LogP contribution is 2.34. The lowest BCUT2D eigenvalue weighted by molar-refractivity contribution is 0.634. The Morgan fingerprint density at radius 2 is 2.17 bits per heavy atom. The maximum Gasteiger partial charge on any atom is 0.137 e. The van der Waals surface area contributed by atoms with Crippen LogP contribution >= 0.6 is 11.6 Å². The monoisotopic (exact) mass is 259 g/mol. The van der Waals surface area contributed by atoms with Gasteiger partial charge in [-0.2, -0.15) is 0 Å². The molecule has 1 aromatic heterocycles. The highest BCUT2D eigenvalue weighted by Gasteiger charge is 2.25. The summed E-state index contributed by atoms with van der Waals surface area (Å²) in [5.41, 5.74) is 3.82. The molecule has 0 saturated carbocycles. The van der Waals surface area contributed by atoms with Crippen molar-refractivity contribution in [2.75, 3.05) is 11.9 Å². The molecule has 1 atom stereocenters. The molecule has 3 rings (SSSR count). The summed E-state index contributed by atoms with van der Waals surface area (Å²) >= 11 is 5.97. The van der Waals surface area contributed by atoms with Crippen molar-refractivity contribution in [3.8, 4) is 0 Å². The average molecular weight is 260 g/mol. The fourth-order valence-corrected chi connectivity index (χ4v) is 2.50. The maximum absolute atomic E-state index is 5.97. The van der Waals surface area contributed by atoms with E-state index in [1.807, 2.05) is 6.92 Å². The van der Waals surface area contributed by atoms with Gasteiger partial charge in [-0.1, -0.05) is 35.9 Å². The van der Waals surface area contributed by atoms with Crippen LogP contribution in [0.3, 0.4) is 0 Å². The first-order valence-corrected chi connectivity index (χ1v) is 6.42. The van der Waals surface area contributed by atoms with Crippen LogP contribution in [-0.2, 0) is 6.42 Å². The molecule has 92 valence electrons. The first kappa shape index (κ1) is 11.5. The molecule has 0 aliphatic heterocycles. The van der Waals surface area contributed by atoms with Gasteiger partial charge < -0.3 is 5.32 Å². The third kappa shape index (κ3) is 1.95. The maximum atomic E-state index is 5.97. The van der Waals surface area contributed by atoms with Crippen molar-refractivity contribution >= 4 is 17.4 Å². The Kier molecular flexibility index (Phi) is 2.92. The molecule has 1 aliphatic rings. The number of benzene rings is 1. The third-order valence-electron chi connectivity index (χ3n) is 3.50. The minimum Gasteiger partial charge on any atom is -0.369 e. The second kappa shape index (κ2) is 4.58. The quantitative estimate of drug-likeness (QED) is 0.861. The summed E-state index contributed by atoms with van der Waals surface area (Å²) in [4.78, 5) is 8.17. The van der Waals surface area contributed by atoms with Crippen LogP contribution in [0.25, 0.3) is 0 Å². The lowest BCUT2D eigenvalue weighted by Crippen LogP contribution is -2.24. The van der Waals surface area contributed by atoms with E-state index in [-0.39, 0.29) is 0 Å². The minimum atomic E-state index is 0.515. The van der Waals surface area contributed by atoms with Gasteiger partial charge in [-0.05, 0) is 24.5 Å². The van der Waals surface area contributed by atoms with Crippen molar-refractivity contribution in [2.45, 2.75) is 19.3 Å². The molecule has 1 heterocycles. The van der Waals surface area contributed by atoms with E-state index in [2.05, 4.69) is 39.6 Å². The fourth-order valence-electron chi connectivity index (χ4n) is 2.37. The summed E-state index contributed by atoms with van der Waals surface area (Å²) in [6, 6.07) is 8.58. The first-order chi connectivity index (χ1) is 8.75. The molecule has 0 spiro atoms. The predicted octanol–water partition coefficient (Wildman–Crippen LogP) is 3.19. The second-order valence-corrected chi connectivity index (χ2v) is 4.98. The Morgan fingerprint density at radius 3 is 3.00 bits per heavy atom. The molecule has 4 heteroatoms. The van der Waals surface area contributed by atoms with Gasteiger partial charge in [0.05, 0.1) is 0 Å². The Bertz CT molecular complexity index is 583. The minimum absolute atomic E-state index is 0.515. The van der Waals surface area contributed by atoms with E-state index < -0.39 is 0 Å². The van der Waals surface area contributed by atoms with E-state index in [0.29, 0.717) is 11.1 Å². The number of hydrogen-bond acceptors (Lipinski definition) is 3. The Labute approximate surface area is 111 Å². The molecule has 0 bridgehead atoms. The number of fused-ring (bicyclic) bond motifs is 1. The average Bonchev–Trinajstić information content (AvgIpc) is 2.35. The topological polar surface area (TPSA) is 37.8 Å². The molecule has 0 fully saturated rings. The molecule has 1 unspecified atom stereocenters. The van der Waals surface area contributed by atoms with Gasteiger partial charge in [-0.3, -0.25) is 0 Å². The smallest absolute Gasteiger partial charge is 0.137 e. The van der Waals surface area contributed by atoms with E-state index in [4.69, 9.17) is 11.6 Å². The van der Waals surface area contributed by atoms with Crippen LogP contribution in [0.1, 0.15) is 22.6 Å². The van der Waals surface area contributed by atoms with Gasteiger partial charge >= 0.3 is 0 Å². The van der Waals surface area contributed by atoms with Crippen molar-refractivity contribution in [3.05, 3.63) is 52.4 Å². The molecule has 3 nitrogen and oxygen atoms in total. The summed E-state index contributed by atoms with van der Waals surface area (Å²) in [6.45, 7) is 2.82. The predicted molar refractivity (Wildman–Crippen MR) is 73.2 cm³/mol. The van der Waals surface area contributed by atoms with E-state index >= 15 is 0 Å². The van der Waals surface area contributed by atoms with Gasteiger partial charge in [0, 0.05) is 18.0 Å². The molecule has 1 aliphatic carbocycles. The molecular formula is C14H14ClN3. The zero-order valence-corrected chi connectivity index (χ0v) is 10.9. The normalized spacial score (nSPS) is 16.9. The van der Waals surface area contributed by atoms with Gasteiger partial charge in [0.2, 0.25) is 0 Å². The zero-order chi connectivity index (χ0) is 12.5. The number of hydrogen-bond donors (Lipinski definition) is 1. The van der Waals surface area contributed by atoms with E-state index in [1.54, 1.807) is 0 Å². The fraction of sp³-hybridized carbons (Fsp3) is 0.286. The molecule has 2 aromatic rings. The first-order valence-electron chi connectivity index (χ1n) is 6.04. The van der Waals surface area contributed by atoms with Gasteiger partial charge in [-0.25, -0.2) is 9.97 Å². The number of anilines is 1. The van der Waals surface area contributed by atoms with E-state index in [1.165, 1.54) is 17.5 Å². The summed E-state index contributed by atoms with van der Waals surface area (Å²) in [5, 5.41) is 3.88. The van der Waals surface area contributed by atoms with Crippen molar-refractivity contribution in [1.29, 1.82) is 0 Å². The highest BCUT2D eigenvalue weighted by molar-refractivity contribution is 6.30. The SMILES string of the molecule is Cc1c(Cl)ncnc1NCC1Cc2ccccc21. The molecule has 1 N–H and O–H groups in total. The summed E-state index contributed by atoms with van der Waals surface area (Å²) in [6.07, 6.45) is 2.63. The molecule has 18 heavy (non-hydrogen) atoms. The van der Waals surface area contributed by atoms with E-state index in [0.717, 1.165) is 24.3 Å². The van der Waals surface area contributed by atoms with Crippen LogP contribution in [-0.4, -0.2) is 16.5 Å². The molecule has 0 saturated heterocycles. The van der Waals surface area contributed by atoms with Crippen LogP contribution in [0.4, 0.5) is 5.82 Å². The molecular weight excluding hydrogens is 246 g/mol. The number of aromatic nitrogens is 2. The van der Waals surface area contributed by atoms with Crippen molar-refractivity contribution in [2.24, 2.45) is 0 Å². The molecule has 0 radical (unpaired) electrons. The molecule has 0 amide bonds. The van der Waals surface area contributed by atoms with Gasteiger partial charge in [0.1, 0.15) is 17.3 Å². The van der Waals surface area contributed by atoms with Gasteiger partial charge in [0.25, 0.3) is 0 Å². The van der Waals surface area contributed by atoms with Crippen LogP contribution in [0.15, 0.2) is 30.6 Å². The lowest BCUT2D eigenvalue weighted by Gasteiger charge is -2.30. The van der Waals surface area contributed by atoms with Gasteiger partial charge in [-0.15, -0.1) is 0 Å². The van der Waals surface area contributed by atoms with Gasteiger partial charge in [0.15, 0.2) is 0 Å². The van der Waals surface area contributed by atoms with Crippen LogP contribution in [0.2, 0.25) is 5.15 Å². The van der Waals surface area contributed by atoms with E-state index in [9.17, 15) is 0 Å². The number of halogens is 1. The van der Waals surface area contributed by atoms with Crippen LogP contribution in [0, 0.1) is 6.92 Å². The summed E-state index contributed by atoms with van der Waals surface area (Å²) < 4.78 is 0. The van der Waals surface area contributed by atoms with Crippen molar-refractivity contribution in [3.63, 3.8) is 0 Å². The number of rotatable bonds is 3. The Balaban J connectivity index is 1.69.